The van der Waals surface area contributed by atoms with Crippen LogP contribution >= 0.6 is 15.9 Å². The van der Waals surface area contributed by atoms with Crippen LogP contribution in [-0.2, 0) is 4.74 Å². The van der Waals surface area contributed by atoms with Gasteiger partial charge in [0.15, 0.2) is 0 Å². The van der Waals surface area contributed by atoms with E-state index in [2.05, 4.69) is 33.1 Å². The van der Waals surface area contributed by atoms with Gasteiger partial charge in [-0.15, -0.1) is 0 Å². The molecule has 0 unspecified atom stereocenters. The Hall–Kier alpha value is -1.69. The fourth-order valence-electron chi connectivity index (χ4n) is 1.49. The van der Waals surface area contributed by atoms with E-state index in [4.69, 9.17) is 4.74 Å². The van der Waals surface area contributed by atoms with Crippen LogP contribution in [-0.4, -0.2) is 23.3 Å². The lowest BCUT2D eigenvalue weighted by atomic mass is 10.2. The number of rotatable bonds is 5. The zero-order chi connectivity index (χ0) is 16.0. The lowest BCUT2D eigenvalue weighted by Crippen LogP contribution is -2.33. The summed E-state index contributed by atoms with van der Waals surface area (Å²) in [7, 11) is 0. The average molecular weight is 357 g/mol. The van der Waals surface area contributed by atoms with Crippen LogP contribution in [0.4, 0.5) is 10.5 Å². The topological polar surface area (TPSA) is 70.6 Å². The second kappa shape index (κ2) is 7.36. The number of aromatic hydroxyl groups is 1. The third-order valence-corrected chi connectivity index (χ3v) is 2.86. The van der Waals surface area contributed by atoms with Gasteiger partial charge in [0.25, 0.3) is 0 Å². The molecule has 0 atom stereocenters. The smallest absolute Gasteiger partial charge is 0.407 e. The molecular weight excluding hydrogens is 336 g/mol. The lowest BCUT2D eigenvalue weighted by molar-refractivity contribution is 0.0528. The van der Waals surface area contributed by atoms with E-state index in [0.717, 1.165) is 4.47 Å². The highest BCUT2D eigenvalue weighted by molar-refractivity contribution is 9.10. The maximum absolute atomic E-state index is 11.5. The quantitative estimate of drug-likeness (QED) is 0.697. The molecule has 21 heavy (non-hydrogen) atoms. The minimum absolute atomic E-state index is 0.138. The number of hydrogen-bond donors (Lipinski definition) is 3. The van der Waals surface area contributed by atoms with E-state index in [-0.39, 0.29) is 5.75 Å². The predicted molar refractivity (Wildman–Crippen MR) is 87.4 cm³/mol. The SMILES string of the molecule is C=C(CCNC(=O)OC(C)(C)C)Nc1cc(Br)ccc1O. The fraction of sp³-hybridized carbons (Fsp3) is 0.400. The highest BCUT2D eigenvalue weighted by atomic mass is 79.9. The Morgan fingerprint density at radius 3 is 2.71 bits per heavy atom. The van der Waals surface area contributed by atoms with Gasteiger partial charge in [-0.05, 0) is 39.0 Å². The van der Waals surface area contributed by atoms with Crippen LogP contribution in [0.2, 0.25) is 0 Å². The normalized spacial score (nSPS) is 10.9. The van der Waals surface area contributed by atoms with Crippen LogP contribution in [0.15, 0.2) is 34.9 Å². The van der Waals surface area contributed by atoms with Gasteiger partial charge in [0.05, 0.1) is 5.69 Å². The number of nitrogens with one attached hydrogen (secondary N) is 2. The number of halogens is 1. The van der Waals surface area contributed by atoms with Crippen molar-refractivity contribution < 1.29 is 14.6 Å². The number of phenols is 1. The molecule has 0 bridgehead atoms. The number of carbonyl (C=O) groups excluding carboxylic acids is 1. The molecule has 116 valence electrons. The number of carbonyl (C=O) groups is 1. The van der Waals surface area contributed by atoms with Crippen molar-refractivity contribution in [2.24, 2.45) is 0 Å². The number of amides is 1. The highest BCUT2D eigenvalue weighted by Crippen LogP contribution is 2.27. The number of phenolic OH excluding ortho intramolecular Hbond substituents is 1. The van der Waals surface area contributed by atoms with E-state index >= 15 is 0 Å². The van der Waals surface area contributed by atoms with Gasteiger partial charge in [-0.25, -0.2) is 4.79 Å². The van der Waals surface area contributed by atoms with Gasteiger partial charge in [-0.1, -0.05) is 22.5 Å². The summed E-state index contributed by atoms with van der Waals surface area (Å²) >= 11 is 3.33. The Bertz CT molecular complexity index is 524. The summed E-state index contributed by atoms with van der Waals surface area (Å²) in [6.45, 7) is 9.69. The molecule has 0 aliphatic rings. The van der Waals surface area contributed by atoms with Gasteiger partial charge in [-0.3, -0.25) is 0 Å². The van der Waals surface area contributed by atoms with Crippen molar-refractivity contribution in [3.63, 3.8) is 0 Å². The first kappa shape index (κ1) is 17.4. The van der Waals surface area contributed by atoms with Gasteiger partial charge in [-0.2, -0.15) is 0 Å². The molecule has 0 aliphatic heterocycles. The Morgan fingerprint density at radius 1 is 1.43 bits per heavy atom. The van der Waals surface area contributed by atoms with Crippen LogP contribution in [0.1, 0.15) is 27.2 Å². The fourth-order valence-corrected chi connectivity index (χ4v) is 1.85. The van der Waals surface area contributed by atoms with Crippen molar-refractivity contribution in [3.05, 3.63) is 34.9 Å². The molecule has 0 spiro atoms. The molecule has 1 amide bonds. The van der Waals surface area contributed by atoms with E-state index in [0.29, 0.717) is 24.4 Å². The van der Waals surface area contributed by atoms with Gasteiger partial charge in [0.2, 0.25) is 0 Å². The molecule has 0 saturated carbocycles. The third-order valence-electron chi connectivity index (χ3n) is 2.37. The van der Waals surface area contributed by atoms with Crippen molar-refractivity contribution in [1.29, 1.82) is 0 Å². The Morgan fingerprint density at radius 2 is 2.10 bits per heavy atom. The first-order valence-corrected chi connectivity index (χ1v) is 7.37. The highest BCUT2D eigenvalue weighted by Gasteiger charge is 2.15. The predicted octanol–water partition coefficient (Wildman–Crippen LogP) is 4.00. The molecule has 3 N–H and O–H groups in total. The third kappa shape index (κ3) is 7.04. The van der Waals surface area contributed by atoms with Crippen molar-refractivity contribution in [3.8, 4) is 5.75 Å². The van der Waals surface area contributed by atoms with Crippen LogP contribution in [0.25, 0.3) is 0 Å². The molecule has 5 nitrogen and oxygen atoms in total. The van der Waals surface area contributed by atoms with E-state index < -0.39 is 11.7 Å². The number of alkyl carbamates (subject to hydrolysis) is 1. The number of hydrogen-bond acceptors (Lipinski definition) is 4. The second-order valence-corrected chi connectivity index (χ2v) is 6.48. The average Bonchev–Trinajstić information content (AvgIpc) is 2.31. The molecule has 1 aromatic rings. The molecule has 0 saturated heterocycles. The van der Waals surface area contributed by atoms with Crippen molar-refractivity contribution >= 4 is 27.7 Å². The molecule has 0 heterocycles. The number of ether oxygens (including phenoxy) is 1. The van der Waals surface area contributed by atoms with Crippen molar-refractivity contribution in [2.45, 2.75) is 32.8 Å². The van der Waals surface area contributed by atoms with Crippen LogP contribution in [0.3, 0.4) is 0 Å². The van der Waals surface area contributed by atoms with E-state index in [1.807, 2.05) is 20.8 Å². The summed E-state index contributed by atoms with van der Waals surface area (Å²) in [5.41, 5.74) is 0.729. The maximum atomic E-state index is 11.5. The summed E-state index contributed by atoms with van der Waals surface area (Å²) < 4.78 is 5.98. The Kier molecular flexibility index (Phi) is 6.08. The minimum atomic E-state index is -0.512. The molecule has 6 heteroatoms. The zero-order valence-corrected chi connectivity index (χ0v) is 14.1. The monoisotopic (exact) mass is 356 g/mol. The summed E-state index contributed by atoms with van der Waals surface area (Å²) in [5, 5.41) is 15.4. The van der Waals surface area contributed by atoms with Crippen LogP contribution < -0.4 is 10.6 Å². The first-order chi connectivity index (χ1) is 9.67. The van der Waals surface area contributed by atoms with Gasteiger partial charge < -0.3 is 20.5 Å². The largest absolute Gasteiger partial charge is 0.506 e. The van der Waals surface area contributed by atoms with Crippen molar-refractivity contribution in [1.82, 2.24) is 5.32 Å². The second-order valence-electron chi connectivity index (χ2n) is 5.57. The lowest BCUT2D eigenvalue weighted by Gasteiger charge is -2.20. The summed E-state index contributed by atoms with van der Waals surface area (Å²) in [4.78, 5) is 11.5. The summed E-state index contributed by atoms with van der Waals surface area (Å²) in [6.07, 6.45) is 0.0613. The molecule has 0 aliphatic carbocycles. The van der Waals surface area contributed by atoms with Gasteiger partial charge in [0, 0.05) is 23.1 Å². The molecule has 0 radical (unpaired) electrons. The minimum Gasteiger partial charge on any atom is -0.506 e. The van der Waals surface area contributed by atoms with E-state index in [1.165, 1.54) is 0 Å². The Labute approximate surface area is 133 Å². The standard InChI is InChI=1S/C15H21BrN2O3/c1-10(7-8-17-14(20)21-15(2,3)4)18-12-9-11(16)5-6-13(12)19/h5-6,9,18-19H,1,7-8H2,2-4H3,(H,17,20). The van der Waals surface area contributed by atoms with Gasteiger partial charge >= 0.3 is 6.09 Å². The Balaban J connectivity index is 2.38. The summed E-state index contributed by atoms with van der Waals surface area (Å²) in [6, 6.07) is 5.08. The molecule has 0 aromatic heterocycles. The van der Waals surface area contributed by atoms with Gasteiger partial charge in [0.1, 0.15) is 11.4 Å². The maximum Gasteiger partial charge on any atom is 0.407 e. The number of anilines is 1. The van der Waals surface area contributed by atoms with Crippen LogP contribution in [0, 0.1) is 0 Å². The van der Waals surface area contributed by atoms with E-state index in [1.54, 1.807) is 18.2 Å². The molecule has 0 fully saturated rings. The van der Waals surface area contributed by atoms with E-state index in [9.17, 15) is 9.90 Å². The molecule has 1 aromatic carbocycles. The van der Waals surface area contributed by atoms with Crippen LogP contribution in [0.5, 0.6) is 5.75 Å². The van der Waals surface area contributed by atoms with Crippen molar-refractivity contribution in [2.75, 3.05) is 11.9 Å². The zero-order valence-electron chi connectivity index (χ0n) is 12.5. The molecular formula is C15H21BrN2O3. The molecule has 1 rings (SSSR count). The summed E-state index contributed by atoms with van der Waals surface area (Å²) in [5.74, 6) is 0.138. The first-order valence-electron chi connectivity index (χ1n) is 6.57. The number of benzene rings is 1.